The van der Waals surface area contributed by atoms with Crippen molar-refractivity contribution >= 4 is 5.97 Å². The molecule has 1 N–H and O–H groups in total. The Morgan fingerprint density at radius 3 is 2.17 bits per heavy atom. The van der Waals surface area contributed by atoms with E-state index in [1.807, 2.05) is 24.3 Å². The number of benzene rings is 1. The lowest BCUT2D eigenvalue weighted by Crippen LogP contribution is -2.32. The second-order valence-electron chi connectivity index (χ2n) is 10.3. The number of unbranched alkanes of at least 4 members (excludes halogenated alkanes) is 7. The summed E-state index contributed by atoms with van der Waals surface area (Å²) in [6.45, 7) is -0.718. The average Bonchev–Trinajstić information content (AvgIpc) is 2.86. The Morgan fingerprint density at radius 1 is 0.971 bits per heavy atom. The van der Waals surface area contributed by atoms with Gasteiger partial charge in [-0.2, -0.15) is 8.78 Å². The van der Waals surface area contributed by atoms with Crippen molar-refractivity contribution in [2.45, 2.75) is 109 Å². The van der Waals surface area contributed by atoms with Crippen molar-refractivity contribution in [2.75, 3.05) is 0 Å². The molecule has 0 spiro atoms. The number of carbonyl (C=O) groups is 1. The summed E-state index contributed by atoms with van der Waals surface area (Å²) in [7, 11) is 0. The minimum absolute atomic E-state index is 0.304. The van der Waals surface area contributed by atoms with Crippen LogP contribution < -0.4 is 0 Å². The lowest BCUT2D eigenvalue weighted by Gasteiger charge is -2.36. The Balaban J connectivity index is 1.58. The van der Waals surface area contributed by atoms with E-state index >= 15 is 0 Å². The standard InChI is InChI=1S/C30H42F2O3/c1-2-3-4-5-6-7-8-9-12-23-15-17-24(18-16-23)26-13-10-11-14-27(26)30(35-29(31)32)21-19-25(20-22-30)28(33)34/h10-11,13-14,19-25,29H,2-9,12,15-18H2,1H3,(H,33,34)/t23-,24-,25?,30?. The van der Waals surface area contributed by atoms with E-state index in [-0.39, 0.29) is 0 Å². The Hall–Kier alpha value is -2.01. The van der Waals surface area contributed by atoms with Crippen LogP contribution in [-0.2, 0) is 15.1 Å². The Kier molecular flexibility index (Phi) is 11.0. The minimum Gasteiger partial charge on any atom is -0.481 e. The molecular weight excluding hydrogens is 446 g/mol. The van der Waals surface area contributed by atoms with Gasteiger partial charge in [0.1, 0.15) is 5.60 Å². The predicted octanol–water partition coefficient (Wildman–Crippen LogP) is 8.75. The van der Waals surface area contributed by atoms with Gasteiger partial charge in [-0.25, -0.2) is 0 Å². The monoisotopic (exact) mass is 488 g/mol. The third-order valence-electron chi connectivity index (χ3n) is 7.81. The molecule has 3 rings (SSSR count). The highest BCUT2D eigenvalue weighted by Gasteiger charge is 2.38. The van der Waals surface area contributed by atoms with Gasteiger partial charge in [-0.3, -0.25) is 4.79 Å². The predicted molar refractivity (Wildman–Crippen MR) is 137 cm³/mol. The molecule has 0 aliphatic heterocycles. The highest BCUT2D eigenvalue weighted by atomic mass is 19.3. The normalized spacial score (nSPS) is 26.3. The zero-order valence-electron chi connectivity index (χ0n) is 21.1. The van der Waals surface area contributed by atoms with Gasteiger partial charge in [0.15, 0.2) is 0 Å². The Labute approximate surface area is 209 Å². The second-order valence-corrected chi connectivity index (χ2v) is 10.3. The van der Waals surface area contributed by atoms with E-state index in [4.69, 9.17) is 4.74 Å². The van der Waals surface area contributed by atoms with Crippen LogP contribution in [0.3, 0.4) is 0 Å². The zero-order chi connectivity index (χ0) is 25.1. The maximum absolute atomic E-state index is 13.5. The molecule has 1 fully saturated rings. The largest absolute Gasteiger partial charge is 0.481 e. The number of alkyl halides is 2. The van der Waals surface area contributed by atoms with Crippen molar-refractivity contribution in [1.29, 1.82) is 0 Å². The van der Waals surface area contributed by atoms with E-state index < -0.39 is 24.1 Å². The molecule has 0 aromatic heterocycles. The van der Waals surface area contributed by atoms with E-state index in [1.165, 1.54) is 94.9 Å². The maximum Gasteiger partial charge on any atom is 0.346 e. The number of halogens is 2. The Morgan fingerprint density at radius 2 is 1.57 bits per heavy atom. The fraction of sp³-hybridized carbons (Fsp3) is 0.633. The molecule has 1 aromatic carbocycles. The average molecular weight is 489 g/mol. The first-order chi connectivity index (χ1) is 16.9. The molecule has 5 heteroatoms. The van der Waals surface area contributed by atoms with Crippen molar-refractivity contribution in [3.05, 3.63) is 59.7 Å². The lowest BCUT2D eigenvalue weighted by atomic mass is 9.73. The molecule has 0 radical (unpaired) electrons. The van der Waals surface area contributed by atoms with Crippen LogP contribution in [0.4, 0.5) is 8.78 Å². The van der Waals surface area contributed by atoms with Crippen molar-refractivity contribution in [1.82, 2.24) is 0 Å². The molecule has 1 aromatic rings. The molecule has 2 aliphatic rings. The SMILES string of the molecule is CCCCCCCCCC[C@H]1CC[C@H](c2ccccc2C2(OC(F)F)C=CC(C(=O)O)C=C2)CC1. The molecule has 0 amide bonds. The van der Waals surface area contributed by atoms with Crippen LogP contribution in [0, 0.1) is 11.8 Å². The summed E-state index contributed by atoms with van der Waals surface area (Å²) in [5, 5.41) is 9.29. The summed E-state index contributed by atoms with van der Waals surface area (Å²) in [6, 6.07) is 7.67. The summed E-state index contributed by atoms with van der Waals surface area (Å²) in [4.78, 5) is 11.3. The van der Waals surface area contributed by atoms with Crippen LogP contribution in [0.15, 0.2) is 48.6 Å². The van der Waals surface area contributed by atoms with Crippen LogP contribution in [-0.4, -0.2) is 17.7 Å². The van der Waals surface area contributed by atoms with Crippen LogP contribution in [0.2, 0.25) is 0 Å². The molecule has 0 bridgehead atoms. The fourth-order valence-corrected chi connectivity index (χ4v) is 5.78. The highest BCUT2D eigenvalue weighted by molar-refractivity contribution is 5.75. The number of carboxylic acids is 1. The maximum atomic E-state index is 13.5. The molecule has 0 unspecified atom stereocenters. The first-order valence-corrected chi connectivity index (χ1v) is 13.6. The van der Waals surface area contributed by atoms with Gasteiger partial charge in [0, 0.05) is 0 Å². The first-order valence-electron chi connectivity index (χ1n) is 13.6. The number of aliphatic carboxylic acids is 1. The third kappa shape index (κ3) is 7.99. The number of rotatable bonds is 14. The topological polar surface area (TPSA) is 46.5 Å². The van der Waals surface area contributed by atoms with Crippen molar-refractivity contribution in [2.24, 2.45) is 11.8 Å². The van der Waals surface area contributed by atoms with Gasteiger partial charge < -0.3 is 9.84 Å². The van der Waals surface area contributed by atoms with Crippen LogP contribution >= 0.6 is 0 Å². The van der Waals surface area contributed by atoms with Gasteiger partial charge in [0.25, 0.3) is 0 Å². The summed E-state index contributed by atoms with van der Waals surface area (Å²) in [6.07, 6.45) is 22.4. The van der Waals surface area contributed by atoms with E-state index in [0.717, 1.165) is 24.3 Å². The van der Waals surface area contributed by atoms with Crippen LogP contribution in [0.5, 0.6) is 0 Å². The number of hydrogen-bond acceptors (Lipinski definition) is 2. The van der Waals surface area contributed by atoms with Gasteiger partial charge >= 0.3 is 12.6 Å². The molecule has 0 atom stereocenters. The third-order valence-corrected chi connectivity index (χ3v) is 7.81. The Bertz CT molecular complexity index is 826. The molecule has 2 aliphatic carbocycles. The molecular formula is C30H42F2O3. The minimum atomic E-state index is -2.97. The van der Waals surface area contributed by atoms with Crippen molar-refractivity contribution in [3.8, 4) is 0 Å². The van der Waals surface area contributed by atoms with Gasteiger partial charge in [0.2, 0.25) is 0 Å². The quantitative estimate of drug-likeness (QED) is 0.210. The lowest BCUT2D eigenvalue weighted by molar-refractivity contribution is -0.180. The molecule has 35 heavy (non-hydrogen) atoms. The summed E-state index contributed by atoms with van der Waals surface area (Å²) >= 11 is 0. The molecule has 3 nitrogen and oxygen atoms in total. The van der Waals surface area contributed by atoms with Crippen LogP contribution in [0.1, 0.15) is 107 Å². The molecule has 194 valence electrons. The first kappa shape index (κ1) is 27.6. The van der Waals surface area contributed by atoms with Gasteiger partial charge in [0.05, 0.1) is 5.92 Å². The summed E-state index contributed by atoms with van der Waals surface area (Å²) in [5.41, 5.74) is 0.301. The zero-order valence-corrected chi connectivity index (χ0v) is 21.1. The molecule has 0 heterocycles. The van der Waals surface area contributed by atoms with Gasteiger partial charge in [-0.05, 0) is 60.8 Å². The van der Waals surface area contributed by atoms with Crippen LogP contribution in [0.25, 0.3) is 0 Å². The number of carboxylic acid groups (broad SMARTS) is 1. The smallest absolute Gasteiger partial charge is 0.346 e. The molecule has 1 saturated carbocycles. The van der Waals surface area contributed by atoms with E-state index in [2.05, 4.69) is 6.92 Å². The number of ether oxygens (including phenoxy) is 1. The van der Waals surface area contributed by atoms with Crippen molar-refractivity contribution < 1.29 is 23.4 Å². The highest BCUT2D eigenvalue weighted by Crippen LogP contribution is 2.44. The summed E-state index contributed by atoms with van der Waals surface area (Å²) in [5.74, 6) is -0.775. The van der Waals surface area contributed by atoms with E-state index in [9.17, 15) is 18.7 Å². The number of hydrogen-bond donors (Lipinski definition) is 1. The van der Waals surface area contributed by atoms with E-state index in [1.54, 1.807) is 0 Å². The summed E-state index contributed by atoms with van der Waals surface area (Å²) < 4.78 is 32.1. The second kappa shape index (κ2) is 13.9. The van der Waals surface area contributed by atoms with Gasteiger partial charge in [-0.1, -0.05) is 101 Å². The molecule has 0 saturated heterocycles. The van der Waals surface area contributed by atoms with Crippen molar-refractivity contribution in [3.63, 3.8) is 0 Å². The van der Waals surface area contributed by atoms with E-state index in [0.29, 0.717) is 11.5 Å². The van der Waals surface area contributed by atoms with Gasteiger partial charge in [-0.15, -0.1) is 0 Å². The fourth-order valence-electron chi connectivity index (χ4n) is 5.78.